The van der Waals surface area contributed by atoms with E-state index in [9.17, 15) is 24.3 Å². The molecule has 15 atom stereocenters. The van der Waals surface area contributed by atoms with Crippen molar-refractivity contribution in [3.63, 3.8) is 0 Å². The summed E-state index contributed by atoms with van der Waals surface area (Å²) in [5, 5.41) is 12.9. The Morgan fingerprint density at radius 2 is 1.28 bits per heavy atom. The number of aliphatic hydroxyl groups is 1. The first-order chi connectivity index (χ1) is 30.8. The van der Waals surface area contributed by atoms with E-state index in [2.05, 4.69) is 13.8 Å². The van der Waals surface area contributed by atoms with Crippen LogP contribution in [0.5, 0.6) is 0 Å². The van der Waals surface area contributed by atoms with Crippen LogP contribution in [0.4, 0.5) is 0 Å². The summed E-state index contributed by atoms with van der Waals surface area (Å²) in [6.07, 6.45) is -0.489. The Balaban J connectivity index is 0.894. The highest BCUT2D eigenvalue weighted by molar-refractivity contribution is 5.91. The van der Waals surface area contributed by atoms with E-state index in [1.165, 1.54) is 0 Å². The number of ether oxygens (including phenoxy) is 7. The molecule has 14 nitrogen and oxygen atoms in total. The largest absolute Gasteiger partial charge is 0.456 e. The van der Waals surface area contributed by atoms with Gasteiger partial charge in [-0.2, -0.15) is 9.78 Å². The predicted molar refractivity (Wildman–Crippen MR) is 224 cm³/mol. The second-order valence-corrected chi connectivity index (χ2v) is 19.5. The molecule has 3 heterocycles. The number of carbonyl (C=O) groups is 4. The molecule has 64 heavy (non-hydrogen) atoms. The summed E-state index contributed by atoms with van der Waals surface area (Å²) < 4.78 is 43.5. The molecule has 0 amide bonds. The van der Waals surface area contributed by atoms with Crippen LogP contribution in [-0.2, 0) is 47.7 Å². The Morgan fingerprint density at radius 1 is 0.688 bits per heavy atom. The van der Waals surface area contributed by atoms with E-state index in [0.29, 0.717) is 31.2 Å². The van der Waals surface area contributed by atoms with Gasteiger partial charge in [-0.15, -0.1) is 0 Å². The zero-order valence-corrected chi connectivity index (χ0v) is 36.3. The Kier molecular flexibility index (Phi) is 11.2. The lowest BCUT2D eigenvalue weighted by molar-refractivity contribution is -0.356. The number of hydrogen-bond acceptors (Lipinski definition) is 14. The lowest BCUT2D eigenvalue weighted by Gasteiger charge is -2.64. The Hall–Kier alpha value is -4.70. The molecule has 1 N–H and O–H groups in total. The van der Waals surface area contributed by atoms with Crippen LogP contribution < -0.4 is 0 Å². The molecule has 340 valence electrons. The van der Waals surface area contributed by atoms with E-state index in [1.54, 1.807) is 97.9 Å². The zero-order valence-electron chi connectivity index (χ0n) is 36.3. The molecular weight excluding hydrogens is 825 g/mol. The monoisotopic (exact) mass is 880 g/mol. The fourth-order valence-corrected chi connectivity index (χ4v) is 13.0. The quantitative estimate of drug-likeness (QED) is 0.0997. The number of cyclic esters (lactones) is 1. The van der Waals surface area contributed by atoms with Crippen molar-refractivity contribution < 1.29 is 67.2 Å². The minimum atomic E-state index is -1.32. The van der Waals surface area contributed by atoms with E-state index in [1.807, 2.05) is 0 Å². The number of rotatable bonds is 9. The maximum Gasteiger partial charge on any atom is 0.366 e. The molecule has 0 spiro atoms. The number of benzene rings is 3. The van der Waals surface area contributed by atoms with Crippen LogP contribution in [0.25, 0.3) is 0 Å². The van der Waals surface area contributed by atoms with Crippen LogP contribution in [-0.4, -0.2) is 90.1 Å². The third-order valence-corrected chi connectivity index (χ3v) is 16.3. The van der Waals surface area contributed by atoms with Crippen molar-refractivity contribution in [3.8, 4) is 0 Å². The van der Waals surface area contributed by atoms with E-state index >= 15 is 0 Å². The Labute approximate surface area is 372 Å². The van der Waals surface area contributed by atoms with E-state index in [4.69, 9.17) is 42.9 Å². The van der Waals surface area contributed by atoms with Crippen molar-refractivity contribution in [3.05, 3.63) is 108 Å². The zero-order chi connectivity index (χ0) is 44.4. The Morgan fingerprint density at radius 3 is 1.91 bits per heavy atom. The first-order valence-corrected chi connectivity index (χ1v) is 22.8. The fourth-order valence-electron chi connectivity index (χ4n) is 13.0. The van der Waals surface area contributed by atoms with E-state index in [0.717, 1.165) is 32.1 Å². The maximum atomic E-state index is 13.9. The number of hydrogen-bond donors (Lipinski definition) is 1. The minimum absolute atomic E-state index is 0.0514. The van der Waals surface area contributed by atoms with Crippen molar-refractivity contribution >= 4 is 23.9 Å². The average Bonchev–Trinajstić information content (AvgIpc) is 3.82. The van der Waals surface area contributed by atoms with Gasteiger partial charge in [0.05, 0.1) is 34.5 Å². The van der Waals surface area contributed by atoms with Crippen LogP contribution in [0.2, 0.25) is 0 Å². The summed E-state index contributed by atoms with van der Waals surface area (Å²) in [5.74, 6) is -3.52. The lowest BCUT2D eigenvalue weighted by Crippen LogP contribution is -2.65. The molecule has 7 aliphatic rings. The molecule has 3 aromatic rings. The van der Waals surface area contributed by atoms with Crippen LogP contribution in [0.15, 0.2) is 91.0 Å². The molecule has 3 aromatic carbocycles. The van der Waals surface area contributed by atoms with Gasteiger partial charge < -0.3 is 38.3 Å². The SMILES string of the molecule is C[C@@H]1O[C@H](O[C@H]2CC[C@@]3(C)[C@H](CC[C@@H]4[C@@H]3CC[C@]3(C)[C@@H]([C@@]56COC(=O)[C@H](OO5)O6)CC[C@]43O)C2)[C@H](OC(=O)c2ccccc2)[C@H](OC(=O)c2ccccc2)[C@H]1OC(=O)c1ccccc1. The number of carbonyl (C=O) groups excluding carboxylic acids is 4. The van der Waals surface area contributed by atoms with Crippen LogP contribution in [0, 0.1) is 34.5 Å². The molecule has 10 rings (SSSR count). The van der Waals surface area contributed by atoms with Gasteiger partial charge in [0.2, 0.25) is 5.79 Å². The van der Waals surface area contributed by atoms with Gasteiger partial charge in [0.1, 0.15) is 6.61 Å². The summed E-state index contributed by atoms with van der Waals surface area (Å²) in [5.41, 5.74) is -0.771. The first-order valence-electron chi connectivity index (χ1n) is 22.8. The van der Waals surface area contributed by atoms with Crippen molar-refractivity contribution in [1.82, 2.24) is 0 Å². The molecule has 0 unspecified atom stereocenters. The normalized spacial score (nSPS) is 41.1. The molecule has 2 bridgehead atoms. The first kappa shape index (κ1) is 43.2. The smallest absolute Gasteiger partial charge is 0.366 e. The molecule has 7 fully saturated rings. The van der Waals surface area contributed by atoms with Gasteiger partial charge in [-0.1, -0.05) is 68.4 Å². The second kappa shape index (κ2) is 16.6. The summed E-state index contributed by atoms with van der Waals surface area (Å²) >= 11 is 0. The van der Waals surface area contributed by atoms with Crippen LogP contribution in [0.1, 0.15) is 110 Å². The van der Waals surface area contributed by atoms with Crippen LogP contribution in [0.3, 0.4) is 0 Å². The Bertz CT molecular complexity index is 2220. The molecule has 0 radical (unpaired) electrons. The fraction of sp³-hybridized carbons (Fsp3) is 0.560. The highest BCUT2D eigenvalue weighted by Crippen LogP contribution is 2.71. The van der Waals surface area contributed by atoms with Gasteiger partial charge in [0.15, 0.2) is 24.6 Å². The molecule has 4 saturated carbocycles. The third kappa shape index (κ3) is 7.25. The van der Waals surface area contributed by atoms with Gasteiger partial charge >= 0.3 is 23.9 Å². The van der Waals surface area contributed by atoms with Crippen molar-refractivity contribution in [2.75, 3.05) is 6.61 Å². The summed E-state index contributed by atoms with van der Waals surface area (Å²) in [7, 11) is 0. The van der Waals surface area contributed by atoms with Gasteiger partial charge in [-0.3, -0.25) is 0 Å². The molecule has 3 aliphatic heterocycles. The number of fused-ring (bicyclic) bond motifs is 7. The van der Waals surface area contributed by atoms with Crippen molar-refractivity contribution in [2.45, 2.75) is 133 Å². The summed E-state index contributed by atoms with van der Waals surface area (Å²) in [6, 6.07) is 25.4. The number of esters is 4. The van der Waals surface area contributed by atoms with Crippen molar-refractivity contribution in [2.24, 2.45) is 34.5 Å². The van der Waals surface area contributed by atoms with Gasteiger partial charge in [0.25, 0.3) is 6.29 Å². The topological polar surface area (TPSA) is 172 Å². The third-order valence-electron chi connectivity index (χ3n) is 16.3. The summed E-state index contributed by atoms with van der Waals surface area (Å²) in [4.78, 5) is 64.6. The molecule has 3 saturated heterocycles. The van der Waals surface area contributed by atoms with E-state index < -0.39 is 77.7 Å². The molecule has 4 aliphatic carbocycles. The van der Waals surface area contributed by atoms with Gasteiger partial charge in [0, 0.05) is 11.3 Å². The highest BCUT2D eigenvalue weighted by atomic mass is 17.3. The highest BCUT2D eigenvalue weighted by Gasteiger charge is 2.73. The average molecular weight is 881 g/mol. The second-order valence-electron chi connectivity index (χ2n) is 19.5. The standard InChI is InChI=1S/C50H56O14/c1-29-38(59-41(51)30-13-7-4-8-14-30)39(60-42(52)31-15-9-5-10-16-31)40(61-43(53)32-17-11-6-12-18-32)45(57-29)58-34-21-24-47(2)33(27-34)19-20-36-35(47)22-25-48(3)37(23-26-49(36,48)55)50-28-56-44(54)46(62-50)63-64-50/h4-18,29,33-40,45-46,55H,19-28H2,1-3H3/t29-,33+,34-,35-,36+,37-,38-,39+,40+,45+,46-,47-,48+,49-,50+/m0/s1. The predicted octanol–water partition coefficient (Wildman–Crippen LogP) is 7.12. The van der Waals surface area contributed by atoms with Crippen molar-refractivity contribution in [1.29, 1.82) is 0 Å². The molecule has 0 aromatic heterocycles. The van der Waals surface area contributed by atoms with Gasteiger partial charge in [-0.25, -0.2) is 19.2 Å². The molecular formula is C50H56O14. The molecule has 14 heteroatoms. The van der Waals surface area contributed by atoms with E-state index in [-0.39, 0.29) is 52.9 Å². The van der Waals surface area contributed by atoms with Gasteiger partial charge in [-0.05, 0) is 124 Å². The maximum absolute atomic E-state index is 13.9. The lowest BCUT2D eigenvalue weighted by atomic mass is 9.43. The summed E-state index contributed by atoms with van der Waals surface area (Å²) in [6.45, 7) is 6.18. The van der Waals surface area contributed by atoms with Crippen LogP contribution >= 0.6 is 0 Å². The minimum Gasteiger partial charge on any atom is -0.456 e.